The van der Waals surface area contributed by atoms with E-state index in [0.717, 1.165) is 49.7 Å². The summed E-state index contributed by atoms with van der Waals surface area (Å²) in [5, 5.41) is 33.5. The maximum atomic E-state index is 11.9. The monoisotopic (exact) mass is 428 g/mol. The van der Waals surface area contributed by atoms with Gasteiger partial charge in [-0.15, -0.1) is 0 Å². The first-order valence-electron chi connectivity index (χ1n) is 12.3. The number of fused-ring (bicyclic) bond motifs is 1. The van der Waals surface area contributed by atoms with E-state index in [2.05, 4.69) is 52.5 Å². The first-order valence-corrected chi connectivity index (χ1v) is 12.3. The molecule has 3 fully saturated rings. The first-order chi connectivity index (χ1) is 14.4. The van der Waals surface area contributed by atoms with Crippen LogP contribution in [-0.2, 0) is 0 Å². The highest BCUT2D eigenvalue weighted by atomic mass is 16.4. The van der Waals surface area contributed by atoms with E-state index in [-0.39, 0.29) is 17.4 Å². The number of hydrogen-bond acceptors (Lipinski definition) is 3. The van der Waals surface area contributed by atoms with Gasteiger partial charge < -0.3 is 15.3 Å². The summed E-state index contributed by atoms with van der Waals surface area (Å²) in [7, 11) is 0. The van der Waals surface area contributed by atoms with Crippen LogP contribution in [0.3, 0.4) is 0 Å². The third-order valence-electron chi connectivity index (χ3n) is 8.92. The molecule has 0 aliphatic heterocycles. The van der Waals surface area contributed by atoms with E-state index in [9.17, 15) is 15.3 Å². The molecule has 3 heteroatoms. The van der Waals surface area contributed by atoms with Crippen molar-refractivity contribution in [2.75, 3.05) is 0 Å². The fourth-order valence-corrected chi connectivity index (χ4v) is 6.18. The molecule has 174 valence electrons. The van der Waals surface area contributed by atoms with Crippen molar-refractivity contribution in [1.82, 2.24) is 0 Å². The van der Waals surface area contributed by atoms with Gasteiger partial charge in [-0.1, -0.05) is 69.7 Å². The highest BCUT2D eigenvalue weighted by molar-refractivity contribution is 5.37. The average Bonchev–Trinajstić information content (AvgIpc) is 2.99. The van der Waals surface area contributed by atoms with Crippen molar-refractivity contribution in [3.63, 3.8) is 0 Å². The minimum absolute atomic E-state index is 0.265. The van der Waals surface area contributed by atoms with Gasteiger partial charge in [-0.2, -0.15) is 0 Å². The molecule has 0 unspecified atom stereocenters. The second-order valence-electron chi connectivity index (χ2n) is 11.3. The largest absolute Gasteiger partial charge is 0.393 e. The topological polar surface area (TPSA) is 60.7 Å². The van der Waals surface area contributed by atoms with Crippen molar-refractivity contribution >= 4 is 0 Å². The number of hydrogen-bond donors (Lipinski definition) is 3. The van der Waals surface area contributed by atoms with Crippen LogP contribution in [0.1, 0.15) is 86.0 Å². The normalized spacial score (nSPS) is 40.0. The van der Waals surface area contributed by atoms with Crippen molar-refractivity contribution in [3.05, 3.63) is 47.6 Å². The van der Waals surface area contributed by atoms with Crippen LogP contribution in [0.5, 0.6) is 0 Å². The molecule has 0 spiro atoms. The zero-order valence-electron chi connectivity index (χ0n) is 20.3. The Morgan fingerprint density at radius 2 is 1.84 bits per heavy atom. The molecular weight excluding hydrogens is 384 g/mol. The third kappa shape index (κ3) is 4.51. The highest BCUT2D eigenvalue weighted by Crippen LogP contribution is 2.62. The van der Waals surface area contributed by atoms with Gasteiger partial charge in [-0.25, -0.2) is 0 Å². The standard InChI is InChI=1S/C28H44O3/c1-19(2)20(3)13-16-27(6,30)28(31)17-14-25-22(8-7-15-26(25,28)5)10-11-23-18-24(29)12-9-21(23)4/h10-11,13,16,19-20,24-25,29-31H,4,7-9,12,14-15,17-18H2,1-3,5-6H3/b16-13+,22-10+,23-11-/t20-,24-,25-,26-,27-,28+/m0/s1. The molecule has 3 saturated carbocycles. The van der Waals surface area contributed by atoms with Crippen LogP contribution in [0, 0.1) is 23.2 Å². The van der Waals surface area contributed by atoms with E-state index in [0.29, 0.717) is 24.7 Å². The minimum Gasteiger partial charge on any atom is -0.393 e. The van der Waals surface area contributed by atoms with E-state index >= 15 is 0 Å². The molecule has 0 radical (unpaired) electrons. The van der Waals surface area contributed by atoms with Crippen molar-refractivity contribution in [3.8, 4) is 0 Å². The lowest BCUT2D eigenvalue weighted by Crippen LogP contribution is -2.60. The molecule has 3 aliphatic rings. The Kier molecular flexibility index (Phi) is 7.11. The van der Waals surface area contributed by atoms with E-state index in [4.69, 9.17) is 0 Å². The molecule has 0 bridgehead atoms. The summed E-state index contributed by atoms with van der Waals surface area (Å²) in [5.41, 5.74) is 0.908. The molecule has 0 amide bonds. The number of rotatable bonds is 5. The molecule has 3 N–H and O–H groups in total. The van der Waals surface area contributed by atoms with E-state index in [1.54, 1.807) is 6.92 Å². The fourth-order valence-electron chi connectivity index (χ4n) is 6.18. The van der Waals surface area contributed by atoms with Gasteiger partial charge in [-0.3, -0.25) is 0 Å². The summed E-state index contributed by atoms with van der Waals surface area (Å²) in [5.74, 6) is 1.12. The van der Waals surface area contributed by atoms with Gasteiger partial charge in [0.05, 0.1) is 6.10 Å². The quantitative estimate of drug-likeness (QED) is 0.480. The Balaban J connectivity index is 1.87. The lowest BCUT2D eigenvalue weighted by atomic mass is 9.57. The molecule has 0 saturated heterocycles. The summed E-state index contributed by atoms with van der Waals surface area (Å²) in [6.07, 6.45) is 14.9. The van der Waals surface area contributed by atoms with Crippen molar-refractivity contribution < 1.29 is 15.3 Å². The zero-order valence-corrected chi connectivity index (χ0v) is 20.3. The maximum absolute atomic E-state index is 11.9. The third-order valence-corrected chi connectivity index (χ3v) is 8.92. The van der Waals surface area contributed by atoms with Gasteiger partial charge in [0, 0.05) is 5.41 Å². The molecule has 3 nitrogen and oxygen atoms in total. The van der Waals surface area contributed by atoms with Crippen molar-refractivity contribution in [2.45, 2.75) is 103 Å². The number of aliphatic hydroxyl groups excluding tert-OH is 1. The molecule has 3 aliphatic carbocycles. The second-order valence-corrected chi connectivity index (χ2v) is 11.3. The van der Waals surface area contributed by atoms with Gasteiger partial charge in [-0.05, 0) is 81.6 Å². The van der Waals surface area contributed by atoms with Gasteiger partial charge in [0.1, 0.15) is 11.2 Å². The molecule has 3 rings (SSSR count). The predicted molar refractivity (Wildman–Crippen MR) is 129 cm³/mol. The van der Waals surface area contributed by atoms with Crippen molar-refractivity contribution in [2.24, 2.45) is 23.2 Å². The number of allylic oxidation sites excluding steroid dienone is 5. The summed E-state index contributed by atoms with van der Waals surface area (Å²) in [6.45, 7) is 14.7. The summed E-state index contributed by atoms with van der Waals surface area (Å²) in [6, 6.07) is 0. The van der Waals surface area contributed by atoms with Gasteiger partial charge in [0.25, 0.3) is 0 Å². The van der Waals surface area contributed by atoms with Crippen LogP contribution in [0.15, 0.2) is 47.6 Å². The summed E-state index contributed by atoms with van der Waals surface area (Å²) in [4.78, 5) is 0. The molecule has 0 aromatic heterocycles. The minimum atomic E-state index is -1.26. The van der Waals surface area contributed by atoms with Crippen LogP contribution in [-0.4, -0.2) is 32.6 Å². The van der Waals surface area contributed by atoms with E-state index < -0.39 is 11.2 Å². The fraction of sp³-hybridized carbons (Fsp3) is 0.714. The first kappa shape index (κ1) is 24.5. The van der Waals surface area contributed by atoms with Crippen LogP contribution in [0.25, 0.3) is 0 Å². The zero-order chi connectivity index (χ0) is 23.0. The molecule has 0 heterocycles. The smallest absolute Gasteiger partial charge is 0.109 e. The Labute approximate surface area is 189 Å². The van der Waals surface area contributed by atoms with Gasteiger partial charge >= 0.3 is 0 Å². The Bertz CT molecular complexity index is 771. The summed E-state index contributed by atoms with van der Waals surface area (Å²) < 4.78 is 0. The van der Waals surface area contributed by atoms with Crippen LogP contribution in [0.2, 0.25) is 0 Å². The van der Waals surface area contributed by atoms with Crippen LogP contribution in [0.4, 0.5) is 0 Å². The predicted octanol–water partition coefficient (Wildman–Crippen LogP) is 5.87. The molecule has 0 aromatic rings. The lowest BCUT2D eigenvalue weighted by molar-refractivity contribution is -0.179. The van der Waals surface area contributed by atoms with Crippen LogP contribution < -0.4 is 0 Å². The van der Waals surface area contributed by atoms with E-state index in [1.807, 2.05) is 6.08 Å². The molecule has 31 heavy (non-hydrogen) atoms. The van der Waals surface area contributed by atoms with Crippen molar-refractivity contribution in [1.29, 1.82) is 0 Å². The molecule has 0 aromatic carbocycles. The average molecular weight is 429 g/mol. The SMILES string of the molecule is C=C1CC[C@H](O)C/C1=C/C=C1\CCC[C@@]2(C)[C@H]1CC[C@]2(O)[C@@](C)(O)/C=C/[C@H](C)C(C)C. The highest BCUT2D eigenvalue weighted by Gasteiger charge is 2.64. The Morgan fingerprint density at radius 3 is 2.52 bits per heavy atom. The van der Waals surface area contributed by atoms with Gasteiger partial charge in [0.2, 0.25) is 0 Å². The maximum Gasteiger partial charge on any atom is 0.109 e. The van der Waals surface area contributed by atoms with Crippen LogP contribution >= 0.6 is 0 Å². The van der Waals surface area contributed by atoms with E-state index in [1.165, 1.54) is 5.57 Å². The molecular formula is C28H44O3. The lowest BCUT2D eigenvalue weighted by Gasteiger charge is -2.52. The van der Waals surface area contributed by atoms with Gasteiger partial charge in [0.15, 0.2) is 0 Å². The Morgan fingerprint density at radius 1 is 1.13 bits per heavy atom. The number of aliphatic hydroxyl groups is 3. The second kappa shape index (κ2) is 9.00. The Hall–Kier alpha value is -1.16. The molecule has 6 atom stereocenters. The summed E-state index contributed by atoms with van der Waals surface area (Å²) >= 11 is 0.